The van der Waals surface area contributed by atoms with E-state index in [1.807, 2.05) is 25.1 Å². The molecule has 106 valence electrons. The summed E-state index contributed by atoms with van der Waals surface area (Å²) in [5.74, 6) is 4.98. The predicted octanol–water partition coefficient (Wildman–Crippen LogP) is 1.06. The summed E-state index contributed by atoms with van der Waals surface area (Å²) in [7, 11) is 0. The number of aryl methyl sites for hydroxylation is 1. The van der Waals surface area contributed by atoms with Crippen LogP contribution in [-0.2, 0) is 6.54 Å². The maximum Gasteiger partial charge on any atom is 0.252 e. The Morgan fingerprint density at radius 3 is 3.00 bits per heavy atom. The van der Waals surface area contributed by atoms with Crippen LogP contribution in [0.15, 0.2) is 36.7 Å². The third kappa shape index (κ3) is 4.13. The summed E-state index contributed by atoms with van der Waals surface area (Å²) in [5.41, 5.74) is 2.61. The Labute approximate surface area is 123 Å². The molecule has 0 fully saturated rings. The number of nitrogens with zero attached hydrogens (tertiary/aromatic N) is 2. The number of pyridine rings is 2. The van der Waals surface area contributed by atoms with Gasteiger partial charge in [-0.05, 0) is 25.1 Å². The van der Waals surface area contributed by atoms with Gasteiger partial charge in [0.2, 0.25) is 0 Å². The monoisotopic (exact) mass is 281 g/mol. The van der Waals surface area contributed by atoms with Crippen molar-refractivity contribution in [1.29, 1.82) is 0 Å². The number of aliphatic hydroxyl groups excluding tert-OH is 1. The molecule has 0 aromatic carbocycles. The van der Waals surface area contributed by atoms with Crippen LogP contribution < -0.4 is 5.32 Å². The summed E-state index contributed by atoms with van der Waals surface area (Å²) >= 11 is 0. The van der Waals surface area contributed by atoms with Crippen molar-refractivity contribution < 1.29 is 9.90 Å². The third-order valence-corrected chi connectivity index (χ3v) is 2.74. The van der Waals surface area contributed by atoms with Crippen molar-refractivity contribution >= 4 is 5.91 Å². The zero-order chi connectivity index (χ0) is 15.1. The lowest BCUT2D eigenvalue weighted by atomic mass is 10.1. The molecule has 0 aliphatic rings. The quantitative estimate of drug-likeness (QED) is 0.825. The molecule has 0 atom stereocenters. The van der Waals surface area contributed by atoms with Gasteiger partial charge in [0.05, 0.1) is 23.4 Å². The molecule has 5 heteroatoms. The van der Waals surface area contributed by atoms with E-state index < -0.39 is 0 Å². The predicted molar refractivity (Wildman–Crippen MR) is 78.3 cm³/mol. The molecular weight excluding hydrogens is 266 g/mol. The van der Waals surface area contributed by atoms with E-state index in [0.29, 0.717) is 17.7 Å². The molecule has 0 radical (unpaired) electrons. The Morgan fingerprint density at radius 2 is 2.24 bits per heavy atom. The van der Waals surface area contributed by atoms with Gasteiger partial charge in [-0.15, -0.1) is 0 Å². The van der Waals surface area contributed by atoms with Crippen molar-refractivity contribution in [3.05, 3.63) is 59.2 Å². The molecule has 2 aromatic heterocycles. The number of carbonyl (C=O) groups excluding carboxylic acids is 1. The molecule has 0 saturated carbocycles. The van der Waals surface area contributed by atoms with Gasteiger partial charge in [-0.1, -0.05) is 17.9 Å². The van der Waals surface area contributed by atoms with E-state index in [9.17, 15) is 4.79 Å². The standard InChI is InChI=1S/C16H15N3O2/c1-12-4-2-6-14(19-12)11-18-16(21)15-7-8-17-10-13(15)5-3-9-20/h2,4,6-8,10,20H,9,11H2,1H3,(H,18,21). The van der Waals surface area contributed by atoms with Crippen LogP contribution in [0.1, 0.15) is 27.3 Å². The molecule has 2 aromatic rings. The first-order valence-corrected chi connectivity index (χ1v) is 6.45. The Hall–Kier alpha value is -2.71. The zero-order valence-electron chi connectivity index (χ0n) is 11.6. The number of aromatic nitrogens is 2. The molecule has 0 aliphatic heterocycles. The minimum absolute atomic E-state index is 0.247. The maximum absolute atomic E-state index is 12.2. The van der Waals surface area contributed by atoms with Crippen LogP contribution in [0, 0.1) is 18.8 Å². The highest BCUT2D eigenvalue weighted by Crippen LogP contribution is 2.06. The second kappa shape index (κ2) is 7.17. The third-order valence-electron chi connectivity index (χ3n) is 2.74. The largest absolute Gasteiger partial charge is 0.384 e. The molecular formula is C16H15N3O2. The normalized spacial score (nSPS) is 9.62. The van der Waals surface area contributed by atoms with Crippen LogP contribution >= 0.6 is 0 Å². The van der Waals surface area contributed by atoms with Gasteiger partial charge in [-0.3, -0.25) is 14.8 Å². The smallest absolute Gasteiger partial charge is 0.252 e. The van der Waals surface area contributed by atoms with Gasteiger partial charge in [0, 0.05) is 18.1 Å². The van der Waals surface area contributed by atoms with E-state index in [1.54, 1.807) is 6.07 Å². The molecule has 0 unspecified atom stereocenters. The fourth-order valence-corrected chi connectivity index (χ4v) is 1.79. The van der Waals surface area contributed by atoms with Gasteiger partial charge in [0.1, 0.15) is 6.61 Å². The second-order valence-corrected chi connectivity index (χ2v) is 4.33. The first-order valence-electron chi connectivity index (χ1n) is 6.45. The van der Waals surface area contributed by atoms with E-state index in [4.69, 9.17) is 5.11 Å². The lowest BCUT2D eigenvalue weighted by molar-refractivity contribution is 0.0950. The number of hydrogen-bond acceptors (Lipinski definition) is 4. The molecule has 0 spiro atoms. The number of carbonyl (C=O) groups is 1. The molecule has 5 nitrogen and oxygen atoms in total. The zero-order valence-corrected chi connectivity index (χ0v) is 11.6. The van der Waals surface area contributed by atoms with Crippen molar-refractivity contribution in [2.45, 2.75) is 13.5 Å². The van der Waals surface area contributed by atoms with E-state index in [2.05, 4.69) is 27.1 Å². The van der Waals surface area contributed by atoms with Crippen LogP contribution in [0.5, 0.6) is 0 Å². The number of rotatable bonds is 3. The topological polar surface area (TPSA) is 75.1 Å². The molecule has 0 aliphatic carbocycles. The summed E-state index contributed by atoms with van der Waals surface area (Å²) in [4.78, 5) is 20.4. The minimum Gasteiger partial charge on any atom is -0.384 e. The average Bonchev–Trinajstić information content (AvgIpc) is 2.51. The molecule has 1 amide bonds. The van der Waals surface area contributed by atoms with Crippen molar-refractivity contribution in [1.82, 2.24) is 15.3 Å². The van der Waals surface area contributed by atoms with Gasteiger partial charge < -0.3 is 10.4 Å². The summed E-state index contributed by atoms with van der Waals surface area (Å²) < 4.78 is 0. The van der Waals surface area contributed by atoms with Crippen LogP contribution in [0.4, 0.5) is 0 Å². The molecule has 21 heavy (non-hydrogen) atoms. The Kier molecular flexibility index (Phi) is 5.02. The van der Waals surface area contributed by atoms with Crippen molar-refractivity contribution in [3.8, 4) is 11.8 Å². The van der Waals surface area contributed by atoms with Gasteiger partial charge >= 0.3 is 0 Å². The lowest BCUT2D eigenvalue weighted by Crippen LogP contribution is -2.24. The number of hydrogen-bond donors (Lipinski definition) is 2. The van der Waals surface area contributed by atoms with E-state index in [0.717, 1.165) is 11.4 Å². The summed E-state index contributed by atoms with van der Waals surface area (Å²) in [6, 6.07) is 7.25. The van der Waals surface area contributed by atoms with E-state index in [1.165, 1.54) is 12.4 Å². The summed E-state index contributed by atoms with van der Waals surface area (Å²) in [5, 5.41) is 11.5. The molecule has 2 heterocycles. The van der Waals surface area contributed by atoms with Crippen molar-refractivity contribution in [2.24, 2.45) is 0 Å². The molecule has 2 rings (SSSR count). The number of amides is 1. The van der Waals surface area contributed by atoms with Crippen LogP contribution in [0.2, 0.25) is 0 Å². The van der Waals surface area contributed by atoms with Gasteiger partial charge in [0.25, 0.3) is 5.91 Å². The fraction of sp³-hybridized carbons (Fsp3) is 0.188. The van der Waals surface area contributed by atoms with Gasteiger partial charge in [-0.2, -0.15) is 0 Å². The number of aliphatic hydroxyl groups is 1. The number of nitrogens with one attached hydrogen (secondary N) is 1. The molecule has 2 N–H and O–H groups in total. The first kappa shape index (κ1) is 14.7. The Balaban J connectivity index is 2.10. The average molecular weight is 281 g/mol. The minimum atomic E-state index is -0.261. The summed E-state index contributed by atoms with van der Waals surface area (Å²) in [6.45, 7) is 1.98. The molecule has 0 bridgehead atoms. The van der Waals surface area contributed by atoms with E-state index >= 15 is 0 Å². The fourth-order valence-electron chi connectivity index (χ4n) is 1.79. The van der Waals surface area contributed by atoms with Crippen molar-refractivity contribution in [3.63, 3.8) is 0 Å². The lowest BCUT2D eigenvalue weighted by Gasteiger charge is -2.06. The Morgan fingerprint density at radius 1 is 1.38 bits per heavy atom. The van der Waals surface area contributed by atoms with Gasteiger partial charge in [0.15, 0.2) is 0 Å². The van der Waals surface area contributed by atoms with Crippen LogP contribution in [0.25, 0.3) is 0 Å². The van der Waals surface area contributed by atoms with E-state index in [-0.39, 0.29) is 12.5 Å². The Bertz CT molecular complexity index is 702. The van der Waals surface area contributed by atoms with Crippen LogP contribution in [-0.4, -0.2) is 27.6 Å². The van der Waals surface area contributed by atoms with Crippen LogP contribution in [0.3, 0.4) is 0 Å². The van der Waals surface area contributed by atoms with Gasteiger partial charge in [-0.25, -0.2) is 0 Å². The molecule has 0 saturated heterocycles. The highest BCUT2D eigenvalue weighted by atomic mass is 16.2. The van der Waals surface area contributed by atoms with Crippen molar-refractivity contribution in [2.75, 3.05) is 6.61 Å². The maximum atomic E-state index is 12.2. The highest BCUT2D eigenvalue weighted by molar-refractivity contribution is 5.96. The first-order chi connectivity index (χ1) is 10.2. The SMILES string of the molecule is Cc1cccc(CNC(=O)c2ccncc2C#CCO)n1. The highest BCUT2D eigenvalue weighted by Gasteiger charge is 2.10. The summed E-state index contributed by atoms with van der Waals surface area (Å²) in [6.07, 6.45) is 3.03. The second-order valence-electron chi connectivity index (χ2n) is 4.33.